The topological polar surface area (TPSA) is 129 Å². The molecule has 9 nitrogen and oxygen atoms in total. The molecule has 2 aromatic heterocycles. The van der Waals surface area contributed by atoms with Crippen LogP contribution >= 0.6 is 0 Å². The van der Waals surface area contributed by atoms with Gasteiger partial charge < -0.3 is 13.9 Å². The predicted octanol–water partition coefficient (Wildman–Crippen LogP) is 3.14. The number of hydrogen-bond acceptors (Lipinski definition) is 8. The van der Waals surface area contributed by atoms with Crippen LogP contribution in [0.2, 0.25) is 0 Å². The summed E-state index contributed by atoms with van der Waals surface area (Å²) in [5.41, 5.74) is -0.543. The summed E-state index contributed by atoms with van der Waals surface area (Å²) in [6.07, 6.45) is 4.78. The molecular formula is C23H22N2O7. The number of para-hydroxylation sites is 1. The number of rotatable bonds is 7. The first-order chi connectivity index (χ1) is 15.2. The molecule has 1 aliphatic carbocycles. The molecule has 3 aromatic rings. The Labute approximate surface area is 182 Å². The standard InChI is InChI=1S/C23H22N2O7/c1-13(26)30-16-8-4-3-7-15(16)21(29)32-22-24-19(28)18-14(6-5-9-23(2)10-11-23)12-17(27)31-20(18)25-22/h3-4,7-8,12H,5-6,9-11H2,1-2H3,(H,24,25,28). The lowest BCUT2D eigenvalue weighted by molar-refractivity contribution is -0.131. The van der Waals surface area contributed by atoms with Gasteiger partial charge in [0.05, 0.1) is 0 Å². The minimum Gasteiger partial charge on any atom is -0.426 e. The first kappa shape index (κ1) is 21.5. The third-order valence-electron chi connectivity index (χ3n) is 5.55. The second kappa shape index (κ2) is 8.41. The minimum absolute atomic E-state index is 0.00585. The molecule has 0 unspecified atom stereocenters. The summed E-state index contributed by atoms with van der Waals surface area (Å²) in [5.74, 6) is -1.50. The van der Waals surface area contributed by atoms with Crippen LogP contribution < -0.4 is 20.7 Å². The highest BCUT2D eigenvalue weighted by molar-refractivity contribution is 5.94. The number of carbonyl (C=O) groups is 2. The fourth-order valence-corrected chi connectivity index (χ4v) is 3.57. The molecule has 166 valence electrons. The third-order valence-corrected chi connectivity index (χ3v) is 5.55. The van der Waals surface area contributed by atoms with Gasteiger partial charge in [-0.3, -0.25) is 14.6 Å². The molecule has 0 aliphatic heterocycles. The number of carbonyl (C=O) groups excluding carboxylic acids is 2. The van der Waals surface area contributed by atoms with Gasteiger partial charge in [0.2, 0.25) is 5.71 Å². The number of H-pyrrole nitrogens is 1. The zero-order valence-electron chi connectivity index (χ0n) is 17.7. The molecule has 0 bridgehead atoms. The maximum Gasteiger partial charge on any atom is 0.349 e. The molecule has 0 saturated heterocycles. The van der Waals surface area contributed by atoms with Crippen molar-refractivity contribution >= 4 is 23.0 Å². The Morgan fingerprint density at radius 3 is 2.66 bits per heavy atom. The van der Waals surface area contributed by atoms with Gasteiger partial charge in [-0.05, 0) is 55.2 Å². The van der Waals surface area contributed by atoms with Crippen LogP contribution in [0.25, 0.3) is 11.1 Å². The molecule has 1 N–H and O–H groups in total. The van der Waals surface area contributed by atoms with Gasteiger partial charge in [0.25, 0.3) is 5.56 Å². The average molecular weight is 438 g/mol. The van der Waals surface area contributed by atoms with Gasteiger partial charge in [0.15, 0.2) is 0 Å². The second-order valence-electron chi connectivity index (χ2n) is 8.29. The van der Waals surface area contributed by atoms with Crippen LogP contribution in [-0.4, -0.2) is 21.9 Å². The number of aromatic nitrogens is 2. The Morgan fingerprint density at radius 1 is 1.19 bits per heavy atom. The van der Waals surface area contributed by atoms with Gasteiger partial charge in [0, 0.05) is 13.0 Å². The smallest absolute Gasteiger partial charge is 0.349 e. The SMILES string of the molecule is CC(=O)Oc1ccccc1C(=O)Oc1nc2oc(=O)cc(CCCC3(C)CC3)c2c(=O)[nH]1. The minimum atomic E-state index is -0.902. The summed E-state index contributed by atoms with van der Waals surface area (Å²) in [5, 5.41) is 0.158. The quantitative estimate of drug-likeness (QED) is 0.440. The molecular weight excluding hydrogens is 416 g/mol. The maximum absolute atomic E-state index is 12.7. The summed E-state index contributed by atoms with van der Waals surface area (Å²) in [6, 6.07) is 6.85. The summed E-state index contributed by atoms with van der Waals surface area (Å²) in [4.78, 5) is 55.0. The number of ether oxygens (including phenoxy) is 2. The number of esters is 2. The number of fused-ring (bicyclic) bond motifs is 1. The van der Waals surface area contributed by atoms with E-state index in [0.29, 0.717) is 17.4 Å². The van der Waals surface area contributed by atoms with Crippen molar-refractivity contribution in [3.05, 3.63) is 62.2 Å². The van der Waals surface area contributed by atoms with E-state index < -0.39 is 29.1 Å². The van der Waals surface area contributed by atoms with Gasteiger partial charge in [0.1, 0.15) is 16.7 Å². The van der Waals surface area contributed by atoms with Gasteiger partial charge in [-0.1, -0.05) is 19.1 Å². The van der Waals surface area contributed by atoms with Crippen molar-refractivity contribution in [3.63, 3.8) is 0 Å². The molecule has 9 heteroatoms. The van der Waals surface area contributed by atoms with Crippen LogP contribution in [0, 0.1) is 5.41 Å². The van der Waals surface area contributed by atoms with Gasteiger partial charge in [-0.15, -0.1) is 0 Å². The average Bonchev–Trinajstić information content (AvgIpc) is 3.44. The molecule has 1 aromatic carbocycles. The van der Waals surface area contributed by atoms with E-state index in [1.54, 1.807) is 12.1 Å². The monoisotopic (exact) mass is 438 g/mol. The number of benzene rings is 1. The molecule has 4 rings (SSSR count). The van der Waals surface area contributed by atoms with Crippen molar-refractivity contribution < 1.29 is 23.5 Å². The first-order valence-electron chi connectivity index (χ1n) is 10.3. The third kappa shape index (κ3) is 4.77. The lowest BCUT2D eigenvalue weighted by Crippen LogP contribution is -2.19. The van der Waals surface area contributed by atoms with Gasteiger partial charge in [-0.2, -0.15) is 4.98 Å². The van der Waals surface area contributed by atoms with Crippen molar-refractivity contribution in [3.8, 4) is 11.8 Å². The largest absolute Gasteiger partial charge is 0.426 e. The number of nitrogens with zero attached hydrogens (tertiary/aromatic N) is 1. The zero-order valence-corrected chi connectivity index (χ0v) is 17.7. The van der Waals surface area contributed by atoms with E-state index in [9.17, 15) is 19.2 Å². The highest BCUT2D eigenvalue weighted by atomic mass is 16.6. The molecule has 32 heavy (non-hydrogen) atoms. The summed E-state index contributed by atoms with van der Waals surface area (Å²) < 4.78 is 15.3. The van der Waals surface area contributed by atoms with E-state index in [1.807, 2.05) is 0 Å². The van der Waals surface area contributed by atoms with Crippen molar-refractivity contribution in [1.82, 2.24) is 9.97 Å². The van der Waals surface area contributed by atoms with E-state index in [0.717, 1.165) is 12.8 Å². The number of aromatic amines is 1. The molecule has 0 radical (unpaired) electrons. The first-order valence-corrected chi connectivity index (χ1v) is 10.3. The van der Waals surface area contributed by atoms with Crippen LogP contribution in [-0.2, 0) is 11.2 Å². The fraction of sp³-hybridized carbons (Fsp3) is 0.348. The fourth-order valence-electron chi connectivity index (χ4n) is 3.57. The lowest BCUT2D eigenvalue weighted by Gasteiger charge is -2.10. The van der Waals surface area contributed by atoms with E-state index in [-0.39, 0.29) is 22.4 Å². The van der Waals surface area contributed by atoms with Crippen LogP contribution in [0.3, 0.4) is 0 Å². The zero-order chi connectivity index (χ0) is 22.9. The van der Waals surface area contributed by atoms with Gasteiger partial charge in [-0.25, -0.2) is 9.59 Å². The van der Waals surface area contributed by atoms with Crippen LogP contribution in [0.1, 0.15) is 55.5 Å². The highest BCUT2D eigenvalue weighted by Crippen LogP contribution is 2.49. The number of hydrogen-bond donors (Lipinski definition) is 1. The summed E-state index contributed by atoms with van der Waals surface area (Å²) in [7, 11) is 0. The Kier molecular flexibility index (Phi) is 5.65. The van der Waals surface area contributed by atoms with E-state index >= 15 is 0 Å². The van der Waals surface area contributed by atoms with Crippen molar-refractivity contribution in [2.75, 3.05) is 0 Å². The molecule has 1 aliphatic rings. The molecule has 0 amide bonds. The number of nitrogens with one attached hydrogen (secondary N) is 1. The Morgan fingerprint density at radius 2 is 1.94 bits per heavy atom. The van der Waals surface area contributed by atoms with E-state index in [4.69, 9.17) is 13.9 Å². The van der Waals surface area contributed by atoms with Crippen LogP contribution in [0.5, 0.6) is 11.8 Å². The van der Waals surface area contributed by atoms with Crippen molar-refractivity contribution in [2.24, 2.45) is 5.41 Å². The number of aryl methyl sites for hydroxylation is 1. The molecule has 1 fully saturated rings. The predicted molar refractivity (Wildman–Crippen MR) is 114 cm³/mol. The Balaban J connectivity index is 1.61. The molecule has 2 heterocycles. The summed E-state index contributed by atoms with van der Waals surface area (Å²) in [6.45, 7) is 3.42. The van der Waals surface area contributed by atoms with Crippen LogP contribution in [0.4, 0.5) is 0 Å². The van der Waals surface area contributed by atoms with Crippen molar-refractivity contribution in [1.29, 1.82) is 0 Å². The normalized spacial score (nSPS) is 14.2. The lowest BCUT2D eigenvalue weighted by atomic mass is 9.98. The molecule has 1 saturated carbocycles. The summed E-state index contributed by atoms with van der Waals surface area (Å²) >= 11 is 0. The van der Waals surface area contributed by atoms with E-state index in [1.165, 1.54) is 38.0 Å². The van der Waals surface area contributed by atoms with Crippen LogP contribution in [0.15, 0.2) is 44.3 Å². The maximum atomic E-state index is 12.7. The highest BCUT2D eigenvalue weighted by Gasteiger charge is 2.36. The molecule has 0 atom stereocenters. The second-order valence-corrected chi connectivity index (χ2v) is 8.29. The molecule has 0 spiro atoms. The Hall–Kier alpha value is -3.75. The van der Waals surface area contributed by atoms with Gasteiger partial charge >= 0.3 is 23.6 Å². The van der Waals surface area contributed by atoms with Crippen molar-refractivity contribution in [2.45, 2.75) is 46.0 Å². The van der Waals surface area contributed by atoms with E-state index in [2.05, 4.69) is 16.9 Å². The Bertz CT molecular complexity index is 1320.